The lowest BCUT2D eigenvalue weighted by molar-refractivity contribution is -0.112. The smallest absolute Gasteiger partial charge is 0.266 e. The van der Waals surface area contributed by atoms with Crippen LogP contribution in [0.15, 0.2) is 66.2 Å². The van der Waals surface area contributed by atoms with Crippen molar-refractivity contribution in [3.8, 4) is 6.07 Å². The van der Waals surface area contributed by atoms with Crippen molar-refractivity contribution in [2.75, 3.05) is 5.32 Å². The number of aryl methyl sites for hydroxylation is 2. The van der Waals surface area contributed by atoms with Crippen molar-refractivity contribution >= 4 is 29.3 Å². The number of nitriles is 1. The van der Waals surface area contributed by atoms with Gasteiger partial charge >= 0.3 is 0 Å². The number of anilines is 1. The molecule has 5 heteroatoms. The summed E-state index contributed by atoms with van der Waals surface area (Å²) in [4.78, 5) is 12.5. The highest BCUT2D eigenvalue weighted by molar-refractivity contribution is 6.31. The summed E-state index contributed by atoms with van der Waals surface area (Å²) in [6, 6.07) is 19.3. The van der Waals surface area contributed by atoms with Crippen molar-refractivity contribution in [2.24, 2.45) is 0 Å². The van der Waals surface area contributed by atoms with E-state index in [0.717, 1.165) is 22.3 Å². The largest absolute Gasteiger partial charge is 0.321 e. The van der Waals surface area contributed by atoms with Crippen LogP contribution in [0.1, 0.15) is 27.8 Å². The first kappa shape index (κ1) is 21.3. The standard InChI is InChI=1S/C25H20ClFN2O/c1-16-6-9-24(17(2)10-16)29-25(30)21(15-28)12-19-7-8-20(23(26)14-19)11-18-4-3-5-22(27)13-18/h3-10,12-14H,11H2,1-2H3,(H,29,30)/b21-12+. The maximum absolute atomic E-state index is 13.4. The Morgan fingerprint density at radius 3 is 2.60 bits per heavy atom. The monoisotopic (exact) mass is 418 g/mol. The van der Waals surface area contributed by atoms with Crippen LogP contribution in [0.4, 0.5) is 10.1 Å². The molecule has 0 atom stereocenters. The van der Waals surface area contributed by atoms with E-state index in [-0.39, 0.29) is 11.4 Å². The second-order valence-corrected chi connectivity index (χ2v) is 7.51. The summed E-state index contributed by atoms with van der Waals surface area (Å²) in [5.41, 5.74) is 4.93. The fraction of sp³-hybridized carbons (Fsp3) is 0.120. The Balaban J connectivity index is 1.79. The Morgan fingerprint density at radius 2 is 1.93 bits per heavy atom. The predicted octanol–water partition coefficient (Wildman–Crippen LogP) is 6.23. The molecule has 0 aliphatic heterocycles. The lowest BCUT2D eigenvalue weighted by atomic mass is 10.0. The second kappa shape index (κ2) is 9.39. The van der Waals surface area contributed by atoms with Crippen LogP contribution in [0, 0.1) is 31.0 Å². The van der Waals surface area contributed by atoms with E-state index in [1.54, 1.807) is 18.2 Å². The third-order valence-electron chi connectivity index (χ3n) is 4.67. The molecule has 0 saturated carbocycles. The van der Waals surface area contributed by atoms with Crippen LogP contribution in [0.2, 0.25) is 5.02 Å². The number of rotatable bonds is 5. The fourth-order valence-corrected chi connectivity index (χ4v) is 3.38. The van der Waals surface area contributed by atoms with Crippen molar-refractivity contribution in [1.82, 2.24) is 0 Å². The number of hydrogen-bond donors (Lipinski definition) is 1. The molecule has 0 radical (unpaired) electrons. The Hall–Kier alpha value is -3.42. The number of nitrogens with zero attached hydrogens (tertiary/aromatic N) is 1. The normalized spacial score (nSPS) is 11.1. The molecule has 3 nitrogen and oxygen atoms in total. The first-order valence-corrected chi connectivity index (χ1v) is 9.77. The SMILES string of the molecule is Cc1ccc(NC(=O)/C(C#N)=C/c2ccc(Cc3cccc(F)c3)c(Cl)c2)c(C)c1. The molecule has 0 saturated heterocycles. The van der Waals surface area contributed by atoms with Gasteiger partial charge in [-0.15, -0.1) is 0 Å². The van der Waals surface area contributed by atoms with Crippen molar-refractivity contribution in [3.05, 3.63) is 105 Å². The van der Waals surface area contributed by atoms with Gasteiger partial charge in [-0.1, -0.05) is 53.6 Å². The molecule has 0 bridgehead atoms. The molecular weight excluding hydrogens is 399 g/mol. The number of benzene rings is 3. The summed E-state index contributed by atoms with van der Waals surface area (Å²) >= 11 is 6.38. The Morgan fingerprint density at radius 1 is 1.13 bits per heavy atom. The van der Waals surface area contributed by atoms with E-state index in [1.165, 1.54) is 18.2 Å². The molecule has 0 unspecified atom stereocenters. The first-order valence-electron chi connectivity index (χ1n) is 9.39. The summed E-state index contributed by atoms with van der Waals surface area (Å²) < 4.78 is 13.4. The van der Waals surface area contributed by atoms with E-state index in [1.807, 2.05) is 50.2 Å². The zero-order valence-electron chi connectivity index (χ0n) is 16.7. The van der Waals surface area contributed by atoms with Crippen LogP contribution in [-0.2, 0) is 11.2 Å². The van der Waals surface area contributed by atoms with Gasteiger partial charge in [-0.05, 0) is 72.9 Å². The van der Waals surface area contributed by atoms with Gasteiger partial charge in [0.25, 0.3) is 5.91 Å². The zero-order chi connectivity index (χ0) is 21.7. The van der Waals surface area contributed by atoms with Gasteiger partial charge in [0.15, 0.2) is 0 Å². The molecule has 1 N–H and O–H groups in total. The quantitative estimate of drug-likeness (QED) is 0.394. The van der Waals surface area contributed by atoms with Crippen LogP contribution in [0.25, 0.3) is 6.08 Å². The van der Waals surface area contributed by atoms with Crippen molar-refractivity contribution in [2.45, 2.75) is 20.3 Å². The second-order valence-electron chi connectivity index (χ2n) is 7.10. The van der Waals surface area contributed by atoms with Gasteiger partial charge in [-0.3, -0.25) is 4.79 Å². The summed E-state index contributed by atoms with van der Waals surface area (Å²) in [6.07, 6.45) is 1.98. The van der Waals surface area contributed by atoms with Gasteiger partial charge in [-0.25, -0.2) is 4.39 Å². The molecule has 0 aliphatic rings. The summed E-state index contributed by atoms with van der Waals surface area (Å²) in [7, 11) is 0. The van der Waals surface area contributed by atoms with Gasteiger partial charge in [0, 0.05) is 10.7 Å². The van der Waals surface area contributed by atoms with Crippen LogP contribution in [0.5, 0.6) is 0 Å². The fourth-order valence-electron chi connectivity index (χ4n) is 3.12. The molecule has 0 aromatic heterocycles. The number of hydrogen-bond acceptors (Lipinski definition) is 2. The molecule has 0 fully saturated rings. The third-order valence-corrected chi connectivity index (χ3v) is 5.02. The molecule has 3 rings (SSSR count). The minimum atomic E-state index is -0.482. The number of amides is 1. The van der Waals surface area contributed by atoms with Gasteiger partial charge in [-0.2, -0.15) is 5.26 Å². The van der Waals surface area contributed by atoms with E-state index >= 15 is 0 Å². The minimum absolute atomic E-state index is 0.0241. The maximum atomic E-state index is 13.4. The number of carbonyl (C=O) groups excluding carboxylic acids is 1. The van der Waals surface area contributed by atoms with Crippen molar-refractivity contribution < 1.29 is 9.18 Å². The van der Waals surface area contributed by atoms with Crippen LogP contribution in [-0.4, -0.2) is 5.91 Å². The topological polar surface area (TPSA) is 52.9 Å². The van der Waals surface area contributed by atoms with Crippen molar-refractivity contribution in [3.63, 3.8) is 0 Å². The van der Waals surface area contributed by atoms with E-state index in [9.17, 15) is 14.4 Å². The predicted molar refractivity (Wildman–Crippen MR) is 119 cm³/mol. The van der Waals surface area contributed by atoms with E-state index in [4.69, 9.17) is 11.6 Å². The van der Waals surface area contributed by atoms with E-state index < -0.39 is 5.91 Å². The minimum Gasteiger partial charge on any atom is -0.321 e. The van der Waals surface area contributed by atoms with Crippen molar-refractivity contribution in [1.29, 1.82) is 5.26 Å². The summed E-state index contributed by atoms with van der Waals surface area (Å²) in [5.74, 6) is -0.777. The lowest BCUT2D eigenvalue weighted by Crippen LogP contribution is -2.14. The molecular formula is C25H20ClFN2O. The highest BCUT2D eigenvalue weighted by atomic mass is 35.5. The molecule has 3 aromatic rings. The molecule has 30 heavy (non-hydrogen) atoms. The maximum Gasteiger partial charge on any atom is 0.266 e. The molecule has 150 valence electrons. The summed E-state index contributed by atoms with van der Waals surface area (Å²) in [5, 5.41) is 12.7. The molecule has 0 heterocycles. The lowest BCUT2D eigenvalue weighted by Gasteiger charge is -2.09. The molecule has 3 aromatic carbocycles. The average molecular weight is 419 g/mol. The highest BCUT2D eigenvalue weighted by Crippen LogP contribution is 2.23. The van der Waals surface area contributed by atoms with Gasteiger partial charge in [0.1, 0.15) is 17.5 Å². The average Bonchev–Trinajstić information content (AvgIpc) is 2.70. The highest BCUT2D eigenvalue weighted by Gasteiger charge is 2.12. The third kappa shape index (κ3) is 5.34. The van der Waals surface area contributed by atoms with Crippen LogP contribution >= 0.6 is 11.6 Å². The van der Waals surface area contributed by atoms with Gasteiger partial charge < -0.3 is 5.32 Å². The first-order chi connectivity index (χ1) is 14.4. The van der Waals surface area contributed by atoms with E-state index in [2.05, 4.69) is 5.32 Å². The van der Waals surface area contributed by atoms with Crippen LogP contribution in [0.3, 0.4) is 0 Å². The molecule has 0 aliphatic carbocycles. The summed E-state index contributed by atoms with van der Waals surface area (Å²) in [6.45, 7) is 3.87. The number of carbonyl (C=O) groups is 1. The Kier molecular flexibility index (Phi) is 6.66. The Bertz CT molecular complexity index is 1180. The molecule has 1 amide bonds. The molecule has 0 spiro atoms. The Labute approximate surface area is 180 Å². The number of nitrogens with one attached hydrogen (secondary N) is 1. The van der Waals surface area contributed by atoms with Crippen LogP contribution < -0.4 is 5.32 Å². The zero-order valence-corrected chi connectivity index (χ0v) is 17.4. The van der Waals surface area contributed by atoms with E-state index in [0.29, 0.717) is 22.7 Å². The number of halogens is 2. The van der Waals surface area contributed by atoms with Gasteiger partial charge in [0.05, 0.1) is 0 Å². The van der Waals surface area contributed by atoms with Gasteiger partial charge in [0.2, 0.25) is 0 Å².